The summed E-state index contributed by atoms with van der Waals surface area (Å²) in [6.45, 7) is -0.102. The first-order chi connectivity index (χ1) is 19.9. The summed E-state index contributed by atoms with van der Waals surface area (Å²) in [4.78, 5) is 43.8. The molecule has 1 N–H and O–H groups in total. The number of hydrogen-bond acceptors (Lipinski definition) is 9. The molecule has 0 radical (unpaired) electrons. The summed E-state index contributed by atoms with van der Waals surface area (Å²) in [6.07, 6.45) is -5.64. The number of esters is 1. The van der Waals surface area contributed by atoms with Crippen molar-refractivity contribution < 1.29 is 32.2 Å². The Morgan fingerprint density at radius 2 is 1.81 bits per heavy atom. The van der Waals surface area contributed by atoms with Crippen LogP contribution < -0.4 is 20.6 Å². The summed E-state index contributed by atoms with van der Waals surface area (Å²) < 4.78 is 57.9. The number of methoxy groups -OCH3 is 2. The maximum Gasteiger partial charge on any atom is 0.437 e. The number of carbonyl (C=O) groups excluding carboxylic acids is 1. The van der Waals surface area contributed by atoms with Crippen molar-refractivity contribution in [1.82, 2.24) is 19.7 Å². The molecule has 0 atom stereocenters. The number of hydrogen-bond donors (Lipinski definition) is 1. The van der Waals surface area contributed by atoms with Crippen LogP contribution in [0.25, 0.3) is 0 Å². The molecule has 11 nitrogen and oxygen atoms in total. The van der Waals surface area contributed by atoms with E-state index in [1.54, 1.807) is 30.3 Å². The van der Waals surface area contributed by atoms with Gasteiger partial charge in [-0.3, -0.25) is 9.59 Å². The molecule has 0 aliphatic rings. The molecule has 2 aromatic carbocycles. The van der Waals surface area contributed by atoms with Gasteiger partial charge < -0.3 is 19.2 Å². The highest BCUT2D eigenvalue weighted by molar-refractivity contribution is 6.30. The minimum atomic E-state index is -5.13. The molecule has 0 bridgehead atoms. The minimum absolute atomic E-state index is 0.00383. The minimum Gasteiger partial charge on any atom is -0.497 e. The van der Waals surface area contributed by atoms with Crippen LogP contribution in [0.3, 0.4) is 0 Å². The first-order valence-corrected chi connectivity index (χ1v) is 12.2. The second-order valence-electron chi connectivity index (χ2n) is 8.61. The summed E-state index contributed by atoms with van der Waals surface area (Å²) in [5.74, 6) is -2.38. The van der Waals surface area contributed by atoms with Gasteiger partial charge in [0.25, 0.3) is 11.1 Å². The number of nitrogens with one attached hydrogen (secondary N) is 1. The van der Waals surface area contributed by atoms with Crippen LogP contribution in [0.2, 0.25) is 5.02 Å². The summed E-state index contributed by atoms with van der Waals surface area (Å²) in [5, 5.41) is 13.3. The van der Waals surface area contributed by atoms with Gasteiger partial charge in [-0.05, 0) is 42.0 Å². The number of benzene rings is 2. The first-order valence-electron chi connectivity index (χ1n) is 11.8. The molecule has 4 rings (SSSR count). The van der Waals surface area contributed by atoms with Gasteiger partial charge in [-0.2, -0.15) is 23.5 Å². The molecule has 216 valence electrons. The highest BCUT2D eigenvalue weighted by atomic mass is 35.5. The summed E-state index contributed by atoms with van der Waals surface area (Å²) >= 11 is 5.89. The number of carbonyl (C=O) groups is 1. The van der Waals surface area contributed by atoms with Crippen LogP contribution in [-0.2, 0) is 23.9 Å². The number of nitriles is 1. The fraction of sp³-hybridized carbons (Fsp3) is 0.185. The molecule has 2 aromatic heterocycles. The van der Waals surface area contributed by atoms with Crippen molar-refractivity contribution in [2.24, 2.45) is 0 Å². The van der Waals surface area contributed by atoms with Gasteiger partial charge in [-0.1, -0.05) is 23.7 Å². The molecule has 15 heteroatoms. The molecule has 2 heterocycles. The Morgan fingerprint density at radius 3 is 2.43 bits per heavy atom. The number of alkyl halides is 3. The van der Waals surface area contributed by atoms with E-state index in [1.165, 1.54) is 13.2 Å². The molecular formula is C27H19ClF3N5O6. The van der Waals surface area contributed by atoms with Crippen molar-refractivity contribution in [2.75, 3.05) is 14.2 Å². The van der Waals surface area contributed by atoms with Crippen molar-refractivity contribution in [2.45, 2.75) is 19.1 Å². The number of aromatic nitrogens is 4. The molecule has 0 fully saturated rings. The Bertz CT molecular complexity index is 1810. The van der Waals surface area contributed by atoms with Crippen molar-refractivity contribution in [3.05, 3.63) is 108 Å². The molecule has 0 spiro atoms. The second-order valence-corrected chi connectivity index (χ2v) is 9.04. The fourth-order valence-corrected chi connectivity index (χ4v) is 4.03. The normalized spacial score (nSPS) is 11.1. The van der Waals surface area contributed by atoms with E-state index in [1.807, 2.05) is 0 Å². The smallest absolute Gasteiger partial charge is 0.437 e. The highest BCUT2D eigenvalue weighted by Gasteiger charge is 2.39. The Morgan fingerprint density at radius 1 is 1.10 bits per heavy atom. The fourth-order valence-electron chi connectivity index (χ4n) is 3.81. The average molecular weight is 602 g/mol. The number of rotatable bonds is 8. The van der Waals surface area contributed by atoms with E-state index in [-0.39, 0.29) is 28.6 Å². The van der Waals surface area contributed by atoms with E-state index in [0.717, 1.165) is 30.0 Å². The van der Waals surface area contributed by atoms with Crippen LogP contribution in [0.4, 0.5) is 13.2 Å². The van der Waals surface area contributed by atoms with Crippen LogP contribution in [0.1, 0.15) is 38.7 Å². The Hall–Kier alpha value is -5.16. The standard InChI is InChI=1S/C27H19ClF3N5O6/c1-40-18-5-3-14(4-6-18)13-36-25(38)20(26(39)41-2)10-17(35-36)11-21-33-23(27(29,30)31)22(24(37)34-21)42-19-8-15(12-32)7-16(28)9-19/h3-10H,11,13H2,1-2H3,(H,33,34,37). The topological polar surface area (TPSA) is 149 Å². The lowest BCUT2D eigenvalue weighted by Crippen LogP contribution is -2.31. The summed E-state index contributed by atoms with van der Waals surface area (Å²) in [5.41, 5.74) is -3.65. The molecule has 0 saturated heterocycles. The molecule has 0 aliphatic carbocycles. The zero-order chi connectivity index (χ0) is 30.6. The van der Waals surface area contributed by atoms with Crippen LogP contribution in [0.15, 0.2) is 58.1 Å². The van der Waals surface area contributed by atoms with Crippen LogP contribution in [0.5, 0.6) is 17.2 Å². The lowest BCUT2D eigenvalue weighted by atomic mass is 10.2. The van der Waals surface area contributed by atoms with E-state index in [0.29, 0.717) is 11.3 Å². The Balaban J connectivity index is 1.75. The number of ether oxygens (including phenoxy) is 3. The van der Waals surface area contributed by atoms with E-state index in [2.05, 4.69) is 19.8 Å². The van der Waals surface area contributed by atoms with E-state index < -0.39 is 52.5 Å². The quantitative estimate of drug-likeness (QED) is 0.295. The van der Waals surface area contributed by atoms with Crippen LogP contribution >= 0.6 is 11.6 Å². The largest absolute Gasteiger partial charge is 0.497 e. The van der Waals surface area contributed by atoms with Crippen molar-refractivity contribution in [3.8, 4) is 23.3 Å². The Kier molecular flexibility index (Phi) is 8.62. The third kappa shape index (κ3) is 6.76. The van der Waals surface area contributed by atoms with Crippen LogP contribution in [0, 0.1) is 11.3 Å². The van der Waals surface area contributed by atoms with E-state index in [9.17, 15) is 27.6 Å². The van der Waals surface area contributed by atoms with Gasteiger partial charge in [-0.25, -0.2) is 14.5 Å². The maximum absolute atomic E-state index is 14.0. The zero-order valence-corrected chi connectivity index (χ0v) is 22.5. The molecule has 0 saturated carbocycles. The summed E-state index contributed by atoms with van der Waals surface area (Å²) in [7, 11) is 2.54. The lowest BCUT2D eigenvalue weighted by Gasteiger charge is -2.14. The van der Waals surface area contributed by atoms with Gasteiger partial charge in [0.15, 0.2) is 5.69 Å². The van der Waals surface area contributed by atoms with E-state index in [4.69, 9.17) is 26.3 Å². The molecule has 42 heavy (non-hydrogen) atoms. The van der Waals surface area contributed by atoms with Gasteiger partial charge in [-0.15, -0.1) is 0 Å². The third-order valence-electron chi connectivity index (χ3n) is 5.68. The van der Waals surface area contributed by atoms with Crippen LogP contribution in [-0.4, -0.2) is 39.9 Å². The van der Waals surface area contributed by atoms with Crippen molar-refractivity contribution in [1.29, 1.82) is 5.26 Å². The first kappa shape index (κ1) is 29.8. The number of aromatic amines is 1. The lowest BCUT2D eigenvalue weighted by molar-refractivity contribution is -0.142. The molecule has 4 aromatic rings. The van der Waals surface area contributed by atoms with Crippen molar-refractivity contribution >= 4 is 17.6 Å². The predicted octanol–water partition coefficient (Wildman–Crippen LogP) is 4.10. The Labute approximate surface area is 239 Å². The molecule has 0 aliphatic heterocycles. The zero-order valence-electron chi connectivity index (χ0n) is 21.8. The number of halogens is 4. The van der Waals surface area contributed by atoms with E-state index >= 15 is 0 Å². The van der Waals surface area contributed by atoms with Gasteiger partial charge in [0.1, 0.15) is 22.9 Å². The van der Waals surface area contributed by atoms with Crippen molar-refractivity contribution in [3.63, 3.8) is 0 Å². The van der Waals surface area contributed by atoms with Gasteiger partial charge in [0.05, 0.1) is 38.1 Å². The average Bonchev–Trinajstić information content (AvgIpc) is 2.95. The van der Waals surface area contributed by atoms with Gasteiger partial charge in [0, 0.05) is 11.4 Å². The molecule has 0 unspecified atom stereocenters. The SMILES string of the molecule is COC(=O)c1cc(Cc2nc(C(F)(F)F)c(Oc3cc(Cl)cc(C#N)c3)c(=O)[nH]2)nn(Cc2ccc(OC)cc2)c1=O. The monoisotopic (exact) mass is 601 g/mol. The third-order valence-corrected chi connectivity index (χ3v) is 5.90. The van der Waals surface area contributed by atoms with Gasteiger partial charge >= 0.3 is 12.1 Å². The number of nitrogens with zero attached hydrogens (tertiary/aromatic N) is 4. The molecular weight excluding hydrogens is 583 g/mol. The predicted molar refractivity (Wildman–Crippen MR) is 141 cm³/mol. The second kappa shape index (κ2) is 12.1. The number of H-pyrrole nitrogens is 1. The highest BCUT2D eigenvalue weighted by Crippen LogP contribution is 2.35. The van der Waals surface area contributed by atoms with Gasteiger partial charge in [0.2, 0.25) is 5.75 Å². The maximum atomic E-state index is 14.0. The summed E-state index contributed by atoms with van der Waals surface area (Å²) in [6, 6.07) is 12.9. The molecule has 0 amide bonds.